The maximum absolute atomic E-state index is 12.4. The number of aryl methyl sites for hydroxylation is 2. The second-order valence-electron chi connectivity index (χ2n) is 6.38. The average molecular weight is 342 g/mol. The van der Waals surface area contributed by atoms with Crippen LogP contribution in [0.2, 0.25) is 0 Å². The van der Waals surface area contributed by atoms with E-state index in [-0.39, 0.29) is 12.0 Å². The SMILES string of the molecule is CCCc1cc(C(=O)NCC2CN(c3ccccc3)CCO2)n(C)n1. The predicted octanol–water partition coefficient (Wildman–Crippen LogP) is 2.01. The van der Waals surface area contributed by atoms with Crippen LogP contribution in [-0.4, -0.2) is 48.0 Å². The van der Waals surface area contributed by atoms with E-state index in [1.807, 2.05) is 31.3 Å². The molecule has 6 nitrogen and oxygen atoms in total. The molecule has 1 N–H and O–H groups in total. The minimum Gasteiger partial charge on any atom is -0.373 e. The number of morpholine rings is 1. The average Bonchev–Trinajstić information content (AvgIpc) is 3.01. The van der Waals surface area contributed by atoms with Gasteiger partial charge >= 0.3 is 0 Å². The summed E-state index contributed by atoms with van der Waals surface area (Å²) < 4.78 is 7.46. The molecule has 0 radical (unpaired) electrons. The smallest absolute Gasteiger partial charge is 0.269 e. The highest BCUT2D eigenvalue weighted by Crippen LogP contribution is 2.17. The molecule has 0 saturated carbocycles. The lowest BCUT2D eigenvalue weighted by molar-refractivity contribution is 0.0396. The minimum absolute atomic E-state index is 0.0127. The largest absolute Gasteiger partial charge is 0.373 e. The fourth-order valence-electron chi connectivity index (χ4n) is 3.13. The molecule has 6 heteroatoms. The number of benzene rings is 1. The van der Waals surface area contributed by atoms with Gasteiger partial charge in [0.1, 0.15) is 5.69 Å². The summed E-state index contributed by atoms with van der Waals surface area (Å²) in [6.45, 7) is 4.92. The van der Waals surface area contributed by atoms with E-state index in [9.17, 15) is 4.79 Å². The molecule has 1 atom stereocenters. The third-order valence-corrected chi connectivity index (χ3v) is 4.42. The first-order valence-electron chi connectivity index (χ1n) is 8.90. The van der Waals surface area contributed by atoms with Crippen LogP contribution >= 0.6 is 0 Å². The molecule has 0 spiro atoms. The van der Waals surface area contributed by atoms with E-state index in [1.165, 1.54) is 5.69 Å². The molecule has 3 rings (SSSR count). The zero-order valence-corrected chi connectivity index (χ0v) is 14.9. The zero-order chi connectivity index (χ0) is 17.6. The van der Waals surface area contributed by atoms with Crippen molar-refractivity contribution >= 4 is 11.6 Å². The highest BCUT2D eigenvalue weighted by Gasteiger charge is 2.22. The summed E-state index contributed by atoms with van der Waals surface area (Å²) in [6, 6.07) is 12.2. The van der Waals surface area contributed by atoms with Crippen molar-refractivity contribution in [2.75, 3.05) is 31.1 Å². The van der Waals surface area contributed by atoms with E-state index in [0.29, 0.717) is 18.8 Å². The molecule has 1 saturated heterocycles. The summed E-state index contributed by atoms with van der Waals surface area (Å²) in [5.41, 5.74) is 2.75. The number of nitrogens with one attached hydrogen (secondary N) is 1. The quantitative estimate of drug-likeness (QED) is 0.872. The standard InChI is InChI=1S/C19H26N4O2/c1-3-7-15-12-18(22(2)21-15)19(24)20-13-17-14-23(10-11-25-17)16-8-5-4-6-9-16/h4-6,8-9,12,17H,3,7,10-11,13-14H2,1-2H3,(H,20,24). The van der Waals surface area contributed by atoms with Crippen molar-refractivity contribution < 1.29 is 9.53 Å². The predicted molar refractivity (Wildman–Crippen MR) is 97.9 cm³/mol. The van der Waals surface area contributed by atoms with Crippen LogP contribution in [0.4, 0.5) is 5.69 Å². The first-order chi connectivity index (χ1) is 12.2. The summed E-state index contributed by atoms with van der Waals surface area (Å²) in [6.07, 6.45) is 1.89. The molecule has 1 aliphatic heterocycles. The van der Waals surface area contributed by atoms with Gasteiger partial charge in [0.15, 0.2) is 0 Å². The Hall–Kier alpha value is -2.34. The first-order valence-corrected chi connectivity index (χ1v) is 8.90. The van der Waals surface area contributed by atoms with Crippen LogP contribution in [0.5, 0.6) is 0 Å². The van der Waals surface area contributed by atoms with Crippen molar-refractivity contribution in [2.24, 2.45) is 7.05 Å². The highest BCUT2D eigenvalue weighted by atomic mass is 16.5. The van der Waals surface area contributed by atoms with Crippen LogP contribution in [0.15, 0.2) is 36.4 Å². The number of amides is 1. The Morgan fingerprint density at radius 3 is 2.92 bits per heavy atom. The molecule has 25 heavy (non-hydrogen) atoms. The number of hydrogen-bond donors (Lipinski definition) is 1. The molecule has 1 aromatic carbocycles. The number of aromatic nitrogens is 2. The first kappa shape index (κ1) is 17.5. The van der Waals surface area contributed by atoms with Crippen LogP contribution in [-0.2, 0) is 18.2 Å². The van der Waals surface area contributed by atoms with E-state index in [1.54, 1.807) is 4.68 Å². The number of anilines is 1. The van der Waals surface area contributed by atoms with E-state index in [2.05, 4.69) is 34.4 Å². The summed E-state index contributed by atoms with van der Waals surface area (Å²) in [5, 5.41) is 7.37. The third-order valence-electron chi connectivity index (χ3n) is 4.42. The summed E-state index contributed by atoms with van der Waals surface area (Å²) >= 11 is 0. The number of carbonyl (C=O) groups excluding carboxylic acids is 1. The Balaban J connectivity index is 1.55. The fraction of sp³-hybridized carbons (Fsp3) is 0.474. The normalized spacial score (nSPS) is 17.5. The second-order valence-corrected chi connectivity index (χ2v) is 6.38. The number of rotatable bonds is 6. The van der Waals surface area contributed by atoms with Gasteiger partial charge in [-0.05, 0) is 24.6 Å². The van der Waals surface area contributed by atoms with Crippen LogP contribution in [0.1, 0.15) is 29.5 Å². The van der Waals surface area contributed by atoms with Crippen molar-refractivity contribution in [3.63, 3.8) is 0 Å². The maximum atomic E-state index is 12.4. The van der Waals surface area contributed by atoms with Crippen LogP contribution in [0, 0.1) is 0 Å². The van der Waals surface area contributed by atoms with Crippen LogP contribution < -0.4 is 10.2 Å². The van der Waals surface area contributed by atoms with Gasteiger partial charge in [-0.1, -0.05) is 31.5 Å². The van der Waals surface area contributed by atoms with Gasteiger partial charge in [-0.25, -0.2) is 0 Å². The Bertz CT molecular complexity index is 699. The number of carbonyl (C=O) groups is 1. The molecule has 1 fully saturated rings. The Morgan fingerprint density at radius 2 is 2.16 bits per heavy atom. The molecule has 0 bridgehead atoms. The zero-order valence-electron chi connectivity index (χ0n) is 14.9. The van der Waals surface area contributed by atoms with Crippen LogP contribution in [0.3, 0.4) is 0 Å². The minimum atomic E-state index is -0.0993. The molecule has 1 aromatic heterocycles. The number of hydrogen-bond acceptors (Lipinski definition) is 4. The van der Waals surface area contributed by atoms with Gasteiger partial charge in [0.05, 0.1) is 18.4 Å². The van der Waals surface area contributed by atoms with Gasteiger partial charge in [0.25, 0.3) is 5.91 Å². The topological polar surface area (TPSA) is 59.4 Å². The molecular weight excluding hydrogens is 316 g/mol. The molecule has 1 aliphatic rings. The number of para-hydroxylation sites is 1. The van der Waals surface area contributed by atoms with Crippen molar-refractivity contribution in [1.29, 1.82) is 0 Å². The van der Waals surface area contributed by atoms with E-state index in [4.69, 9.17) is 4.74 Å². The highest BCUT2D eigenvalue weighted by molar-refractivity contribution is 5.92. The van der Waals surface area contributed by atoms with Gasteiger partial charge in [-0.2, -0.15) is 5.10 Å². The van der Waals surface area contributed by atoms with Gasteiger partial charge in [-0.15, -0.1) is 0 Å². The lowest BCUT2D eigenvalue weighted by atomic mass is 10.2. The van der Waals surface area contributed by atoms with Crippen molar-refractivity contribution in [3.8, 4) is 0 Å². The van der Waals surface area contributed by atoms with Gasteiger partial charge in [0, 0.05) is 32.4 Å². The summed E-state index contributed by atoms with van der Waals surface area (Å²) in [4.78, 5) is 14.7. The van der Waals surface area contributed by atoms with Crippen LogP contribution in [0.25, 0.3) is 0 Å². The van der Waals surface area contributed by atoms with Gasteiger partial charge in [-0.3, -0.25) is 9.48 Å². The summed E-state index contributed by atoms with van der Waals surface area (Å²) in [5.74, 6) is -0.0993. The second kappa shape index (κ2) is 8.16. The molecule has 1 amide bonds. The summed E-state index contributed by atoms with van der Waals surface area (Å²) in [7, 11) is 1.81. The molecule has 2 aromatic rings. The molecule has 0 aliphatic carbocycles. The Labute approximate surface area is 148 Å². The van der Waals surface area contributed by atoms with E-state index >= 15 is 0 Å². The van der Waals surface area contributed by atoms with E-state index in [0.717, 1.165) is 31.6 Å². The van der Waals surface area contributed by atoms with Crippen molar-refractivity contribution in [2.45, 2.75) is 25.9 Å². The molecule has 1 unspecified atom stereocenters. The van der Waals surface area contributed by atoms with E-state index < -0.39 is 0 Å². The van der Waals surface area contributed by atoms with Crippen molar-refractivity contribution in [1.82, 2.24) is 15.1 Å². The molecule has 134 valence electrons. The Morgan fingerprint density at radius 1 is 1.36 bits per heavy atom. The Kier molecular flexibility index (Phi) is 5.71. The monoisotopic (exact) mass is 342 g/mol. The molecule has 2 heterocycles. The van der Waals surface area contributed by atoms with Gasteiger partial charge < -0.3 is 15.0 Å². The lowest BCUT2D eigenvalue weighted by Crippen LogP contribution is -2.47. The third kappa shape index (κ3) is 4.39. The maximum Gasteiger partial charge on any atom is 0.269 e. The fourth-order valence-corrected chi connectivity index (χ4v) is 3.13. The molecular formula is C19H26N4O2. The number of ether oxygens (including phenoxy) is 1. The van der Waals surface area contributed by atoms with Gasteiger partial charge in [0.2, 0.25) is 0 Å². The van der Waals surface area contributed by atoms with Crippen molar-refractivity contribution in [3.05, 3.63) is 47.8 Å². The number of nitrogens with zero attached hydrogens (tertiary/aromatic N) is 3. The lowest BCUT2D eigenvalue weighted by Gasteiger charge is -2.34.